The van der Waals surface area contributed by atoms with Crippen molar-refractivity contribution in [2.75, 3.05) is 5.32 Å². The number of halogens is 3. The Bertz CT molecular complexity index is 1520. The van der Waals surface area contributed by atoms with Crippen LogP contribution in [-0.4, -0.2) is 25.5 Å². The van der Waals surface area contributed by atoms with Gasteiger partial charge in [-0.2, -0.15) is 23.4 Å². The highest BCUT2D eigenvalue weighted by atomic mass is 32.1. The number of carbonyl (C=O) groups is 1. The van der Waals surface area contributed by atoms with Crippen molar-refractivity contribution in [2.24, 2.45) is 0 Å². The lowest BCUT2D eigenvalue weighted by Crippen LogP contribution is -2.12. The Morgan fingerprint density at radius 2 is 1.66 bits per heavy atom. The molecule has 0 saturated carbocycles. The number of nitrogens with zero attached hydrogens (tertiary/aromatic N) is 4. The van der Waals surface area contributed by atoms with Crippen LogP contribution in [-0.2, 0) is 12.7 Å². The fourth-order valence-corrected chi connectivity index (χ4v) is 4.96. The Morgan fingerprint density at radius 1 is 1.00 bits per heavy atom. The molecule has 1 N–H and O–H groups in total. The molecule has 0 bridgehead atoms. The highest BCUT2D eigenvalue weighted by Gasteiger charge is 2.38. The number of aromatic nitrogens is 4. The number of benzene rings is 2. The first-order valence-corrected chi connectivity index (χ1v) is 11.6. The number of nitrogens with one attached hydrogen (secondary N) is 1. The summed E-state index contributed by atoms with van der Waals surface area (Å²) in [7, 11) is 0. The van der Waals surface area contributed by atoms with Crippen LogP contribution < -0.4 is 5.32 Å². The molecule has 6 nitrogen and oxygen atoms in total. The van der Waals surface area contributed by atoms with Gasteiger partial charge in [0.25, 0.3) is 5.91 Å². The summed E-state index contributed by atoms with van der Waals surface area (Å²) in [5.74, 6) is -0.496. The first-order chi connectivity index (χ1) is 16.7. The van der Waals surface area contributed by atoms with Gasteiger partial charge in [0, 0.05) is 5.39 Å². The fraction of sp³-hybridized carbons (Fsp3) is 0.160. The minimum absolute atomic E-state index is 0.107. The summed E-state index contributed by atoms with van der Waals surface area (Å²) in [6.07, 6.45) is -4.65. The lowest BCUT2D eigenvalue weighted by molar-refractivity contribution is -0.140. The summed E-state index contributed by atoms with van der Waals surface area (Å²) in [5, 5.41) is 11.1. The standard InChI is InChI=1S/C25H20F3N5OS/c1-15-21(16(2)32(30-15)14-17-9-5-3-6-10-17)29-23(34)20-13-19-22(25(26,27)28)31-33(24(19)35-20)18-11-7-4-8-12-18/h3-13H,14H2,1-2H3,(H,29,34). The summed E-state index contributed by atoms with van der Waals surface area (Å²) in [5.41, 5.74) is 2.45. The molecule has 0 aliphatic rings. The van der Waals surface area contributed by atoms with Crippen molar-refractivity contribution < 1.29 is 18.0 Å². The molecule has 3 aromatic heterocycles. The van der Waals surface area contributed by atoms with Crippen molar-refractivity contribution in [1.82, 2.24) is 19.6 Å². The lowest BCUT2D eigenvalue weighted by atomic mass is 10.2. The van der Waals surface area contributed by atoms with E-state index in [0.29, 0.717) is 23.6 Å². The molecule has 1 amide bonds. The van der Waals surface area contributed by atoms with Crippen LogP contribution in [0.25, 0.3) is 15.9 Å². The molecule has 0 radical (unpaired) electrons. The number of thiophene rings is 1. The third-order valence-corrected chi connectivity index (χ3v) is 6.76. The Kier molecular flexibility index (Phi) is 5.68. The molecule has 0 aliphatic heterocycles. The van der Waals surface area contributed by atoms with Gasteiger partial charge in [-0.15, -0.1) is 11.3 Å². The average molecular weight is 496 g/mol. The van der Waals surface area contributed by atoms with Gasteiger partial charge >= 0.3 is 6.18 Å². The van der Waals surface area contributed by atoms with E-state index in [2.05, 4.69) is 15.5 Å². The number of hydrogen-bond donors (Lipinski definition) is 1. The molecule has 0 unspecified atom stereocenters. The number of hydrogen-bond acceptors (Lipinski definition) is 4. The highest BCUT2D eigenvalue weighted by Crippen LogP contribution is 2.39. The van der Waals surface area contributed by atoms with Crippen molar-refractivity contribution in [1.29, 1.82) is 0 Å². The van der Waals surface area contributed by atoms with Crippen molar-refractivity contribution in [3.63, 3.8) is 0 Å². The summed E-state index contributed by atoms with van der Waals surface area (Å²) < 4.78 is 44.1. The van der Waals surface area contributed by atoms with Gasteiger partial charge in [-0.3, -0.25) is 9.48 Å². The molecule has 0 aliphatic carbocycles. The van der Waals surface area contributed by atoms with E-state index >= 15 is 0 Å². The topological polar surface area (TPSA) is 64.7 Å². The first-order valence-electron chi connectivity index (χ1n) is 10.8. The smallest absolute Gasteiger partial charge is 0.318 e. The predicted octanol–water partition coefficient (Wildman–Crippen LogP) is 6.22. The maximum atomic E-state index is 13.7. The number of carbonyl (C=O) groups excluding carboxylic acids is 1. The Balaban J connectivity index is 1.49. The Labute approximate surface area is 202 Å². The van der Waals surface area contributed by atoms with Gasteiger partial charge < -0.3 is 5.32 Å². The zero-order valence-electron chi connectivity index (χ0n) is 18.8. The van der Waals surface area contributed by atoms with Crippen LogP contribution in [0.3, 0.4) is 0 Å². The lowest BCUT2D eigenvalue weighted by Gasteiger charge is -2.07. The molecule has 5 aromatic rings. The van der Waals surface area contributed by atoms with Gasteiger partial charge in [0.05, 0.1) is 34.2 Å². The number of fused-ring (bicyclic) bond motifs is 1. The fourth-order valence-electron chi connectivity index (χ4n) is 3.94. The van der Waals surface area contributed by atoms with Crippen LogP contribution in [0.15, 0.2) is 66.7 Å². The van der Waals surface area contributed by atoms with E-state index in [4.69, 9.17) is 0 Å². The van der Waals surface area contributed by atoms with Crippen molar-refractivity contribution >= 4 is 33.1 Å². The largest absolute Gasteiger partial charge is 0.435 e. The second-order valence-electron chi connectivity index (χ2n) is 8.07. The number of amides is 1. The van der Waals surface area contributed by atoms with Crippen LogP contribution in [0.5, 0.6) is 0 Å². The normalized spacial score (nSPS) is 11.8. The third kappa shape index (κ3) is 4.32. The SMILES string of the molecule is Cc1nn(Cc2ccccc2)c(C)c1NC(=O)c1cc2c(C(F)(F)F)nn(-c3ccccc3)c2s1. The summed E-state index contributed by atoms with van der Waals surface area (Å²) in [4.78, 5) is 13.5. The Hall–Kier alpha value is -3.92. The van der Waals surface area contributed by atoms with E-state index in [1.54, 1.807) is 41.9 Å². The molecule has 0 saturated heterocycles. The van der Waals surface area contributed by atoms with Gasteiger partial charge in [0.15, 0.2) is 5.69 Å². The van der Waals surface area contributed by atoms with Gasteiger partial charge in [-0.1, -0.05) is 48.5 Å². The summed E-state index contributed by atoms with van der Waals surface area (Å²) in [6, 6.07) is 19.6. The summed E-state index contributed by atoms with van der Waals surface area (Å²) >= 11 is 0.965. The molecule has 0 atom stereocenters. The van der Waals surface area contributed by atoms with Gasteiger partial charge in [0.1, 0.15) is 4.83 Å². The van der Waals surface area contributed by atoms with E-state index in [-0.39, 0.29) is 15.1 Å². The Morgan fingerprint density at radius 3 is 2.31 bits per heavy atom. The maximum Gasteiger partial charge on any atom is 0.435 e. The van der Waals surface area contributed by atoms with Crippen LogP contribution in [0.4, 0.5) is 18.9 Å². The van der Waals surface area contributed by atoms with E-state index in [1.807, 2.05) is 37.3 Å². The molecular weight excluding hydrogens is 475 g/mol. The van der Waals surface area contributed by atoms with Crippen LogP contribution in [0.1, 0.15) is 32.3 Å². The molecule has 2 aromatic carbocycles. The minimum Gasteiger partial charge on any atom is -0.318 e. The molecular formula is C25H20F3N5OS. The monoisotopic (exact) mass is 495 g/mol. The quantitative estimate of drug-likeness (QED) is 0.315. The van der Waals surface area contributed by atoms with Gasteiger partial charge in [-0.25, -0.2) is 4.68 Å². The van der Waals surface area contributed by atoms with E-state index in [1.165, 1.54) is 10.7 Å². The number of alkyl halides is 3. The van der Waals surface area contributed by atoms with Crippen LogP contribution in [0.2, 0.25) is 0 Å². The minimum atomic E-state index is -4.65. The molecule has 178 valence electrons. The van der Waals surface area contributed by atoms with Gasteiger partial charge in [-0.05, 0) is 37.6 Å². The number of aryl methyl sites for hydroxylation is 1. The van der Waals surface area contributed by atoms with E-state index < -0.39 is 17.8 Å². The zero-order chi connectivity index (χ0) is 24.7. The van der Waals surface area contributed by atoms with Crippen LogP contribution in [0, 0.1) is 13.8 Å². The van der Waals surface area contributed by atoms with E-state index in [9.17, 15) is 18.0 Å². The number of rotatable bonds is 5. The molecule has 35 heavy (non-hydrogen) atoms. The van der Waals surface area contributed by atoms with Crippen molar-refractivity contribution in [3.05, 3.63) is 94.3 Å². The molecule has 0 fully saturated rings. The maximum absolute atomic E-state index is 13.7. The first kappa shape index (κ1) is 22.9. The van der Waals surface area contributed by atoms with Crippen LogP contribution >= 0.6 is 11.3 Å². The zero-order valence-corrected chi connectivity index (χ0v) is 19.6. The van der Waals surface area contributed by atoms with Gasteiger partial charge in [0.2, 0.25) is 0 Å². The second kappa shape index (κ2) is 8.70. The van der Waals surface area contributed by atoms with Crippen molar-refractivity contribution in [2.45, 2.75) is 26.6 Å². The molecule has 0 spiro atoms. The molecule has 5 rings (SSSR count). The average Bonchev–Trinajstić information content (AvgIpc) is 3.48. The summed E-state index contributed by atoms with van der Waals surface area (Å²) in [6.45, 7) is 4.16. The predicted molar refractivity (Wildman–Crippen MR) is 129 cm³/mol. The second-order valence-corrected chi connectivity index (χ2v) is 9.10. The molecule has 10 heteroatoms. The number of anilines is 1. The third-order valence-electron chi connectivity index (χ3n) is 5.65. The highest BCUT2D eigenvalue weighted by molar-refractivity contribution is 7.20. The van der Waals surface area contributed by atoms with Crippen molar-refractivity contribution in [3.8, 4) is 5.69 Å². The number of para-hydroxylation sites is 1. The van der Waals surface area contributed by atoms with E-state index in [0.717, 1.165) is 22.6 Å². The molecule has 3 heterocycles.